The molecule has 0 bridgehead atoms. The van der Waals surface area contributed by atoms with Crippen molar-refractivity contribution in [2.75, 3.05) is 0 Å². The summed E-state index contributed by atoms with van der Waals surface area (Å²) in [6.45, 7) is 50.7. The summed E-state index contributed by atoms with van der Waals surface area (Å²) >= 11 is 0. The number of aryl methyl sites for hydroxylation is 18. The van der Waals surface area contributed by atoms with Gasteiger partial charge in [-0.05, 0) is 284 Å². The van der Waals surface area contributed by atoms with Crippen LogP contribution in [0, 0.1) is 125 Å². The lowest BCUT2D eigenvalue weighted by Crippen LogP contribution is -2.43. The second-order valence-electron chi connectivity index (χ2n) is 30.8. The van der Waals surface area contributed by atoms with E-state index in [1.54, 1.807) is 0 Å². The lowest BCUT2D eigenvalue weighted by atomic mass is 9.92. The first-order valence-corrected chi connectivity index (χ1v) is 44.6. The Balaban J connectivity index is 0.000000665. The van der Waals surface area contributed by atoms with Crippen LogP contribution in [0.2, 0.25) is 38.3 Å². The van der Waals surface area contributed by atoms with Crippen LogP contribution in [0.3, 0.4) is 0 Å². The number of alkyl halides is 6. The predicted octanol–water partition coefficient (Wildman–Crippen LogP) is 33.8. The van der Waals surface area contributed by atoms with Gasteiger partial charge in [0.15, 0.2) is 16.6 Å². The van der Waals surface area contributed by atoms with Crippen molar-refractivity contribution in [2.45, 2.75) is 225 Å². The van der Waals surface area contributed by atoms with Crippen molar-refractivity contribution in [3.8, 4) is 44.9 Å². The molecule has 0 atom stereocenters. The van der Waals surface area contributed by atoms with Gasteiger partial charge in [-0.1, -0.05) is 329 Å². The number of benzene rings is 12. The molecule has 10 heteroatoms. The van der Waals surface area contributed by atoms with Gasteiger partial charge in [0.2, 0.25) is 0 Å². The quantitative estimate of drug-likeness (QED) is 0.0949. The van der Waals surface area contributed by atoms with E-state index in [0.29, 0.717) is 11.1 Å². The average Bonchev–Trinajstić information content (AvgIpc) is 0.772. The number of hydrogen-bond acceptors (Lipinski definition) is 2. The molecule has 2 nitrogen and oxygen atoms in total. The lowest BCUT2D eigenvalue weighted by molar-refractivity contribution is -0.139. The summed E-state index contributed by atoms with van der Waals surface area (Å²) in [6, 6.07) is 86.2. The molecule has 0 aliphatic heterocycles. The summed E-state index contributed by atoms with van der Waals surface area (Å²) in [6.07, 6.45) is -8.43. The Morgan fingerprint density at radius 2 is 0.504 bits per heavy atom. The summed E-state index contributed by atoms with van der Waals surface area (Å²) < 4.78 is 90.7. The molecule has 618 valence electrons. The largest absolute Gasteiger partial charge is 0.457 e. The second-order valence-corrected chi connectivity index (χ2v) is 40.1. The first-order valence-electron chi connectivity index (χ1n) is 38.4. The van der Waals surface area contributed by atoms with Gasteiger partial charge < -0.3 is 8.85 Å². The van der Waals surface area contributed by atoms with Crippen molar-refractivity contribution < 1.29 is 35.2 Å². The highest BCUT2D eigenvalue weighted by molar-refractivity contribution is 6.84. The molecule has 12 aromatic rings. The molecule has 0 heterocycles. The standard InChI is InChI=1S/C16H12F6.2C16H18.C15H16.C14H14O.C8H22OSi2.2C8H10.4CH4/c1-9-3-5-11(13(7-9)15(17,18)19)12-6-4-10(2)8-14(12)16(20,21)22;1-11-5-7-15(9-13(11)3)16-8-6-12(2)14(4)10-16;1-11-5-7-15(13(3)9-11)16-8-6-12(2)10-14(16)4;1-12-3-7-14(8-4-12)11-15-9-5-13(2)6-10-15;1-11-3-7-13(8-4-11)15-14-9-5-12(2)6-10-14;1-7-10(3,4)9-11(5,6)8-2;1-7-3-5-8(2)6-4-7;1-7-4-3-5-8(2)6-7;;;;/h3-8H,1-2H3;2*5-10H,1-4H3;3-10H,11H2,1-2H3;3-10H,1-2H3;7-8H2,1-6H3;2*3-6H,1-2H3;4*1H4. The summed E-state index contributed by atoms with van der Waals surface area (Å²) in [5, 5.41) is 0. The first kappa shape index (κ1) is 103. The van der Waals surface area contributed by atoms with Gasteiger partial charge in [0, 0.05) is 0 Å². The molecule has 12 aromatic carbocycles. The third-order valence-electron chi connectivity index (χ3n) is 19.2. The molecule has 0 aromatic heterocycles. The summed E-state index contributed by atoms with van der Waals surface area (Å²) in [5.41, 5.74) is 26.9. The monoisotopic (exact) mass is 1600 g/mol. The van der Waals surface area contributed by atoms with E-state index in [1.165, 1.54) is 160 Å². The minimum atomic E-state index is -4.73. The fourth-order valence-electron chi connectivity index (χ4n) is 11.7. The highest BCUT2D eigenvalue weighted by atomic mass is 28.4. The number of ether oxygens (including phenoxy) is 1. The van der Waals surface area contributed by atoms with E-state index in [9.17, 15) is 26.3 Å². The van der Waals surface area contributed by atoms with E-state index < -0.39 is 51.2 Å². The highest BCUT2D eigenvalue weighted by Crippen LogP contribution is 2.43. The fraction of sp³-hybridized carbons (Fsp3) is 0.314. The summed E-state index contributed by atoms with van der Waals surface area (Å²) in [4.78, 5) is 0. The fourth-order valence-corrected chi connectivity index (χ4v) is 18.8. The third kappa shape index (κ3) is 36.8. The van der Waals surface area contributed by atoms with Gasteiger partial charge in [-0.3, -0.25) is 0 Å². The molecule has 115 heavy (non-hydrogen) atoms. The van der Waals surface area contributed by atoms with Crippen molar-refractivity contribution in [2.24, 2.45) is 0 Å². The third-order valence-corrected chi connectivity index (χ3v) is 27.1. The zero-order chi connectivity index (χ0) is 82.6. The van der Waals surface area contributed by atoms with Crippen LogP contribution in [0.25, 0.3) is 33.4 Å². The maximum absolute atomic E-state index is 13.1. The van der Waals surface area contributed by atoms with E-state index in [0.717, 1.165) is 42.2 Å². The van der Waals surface area contributed by atoms with Crippen molar-refractivity contribution in [1.82, 2.24) is 0 Å². The minimum absolute atomic E-state index is 0. The first-order chi connectivity index (χ1) is 52.0. The van der Waals surface area contributed by atoms with Crippen LogP contribution in [0.15, 0.2) is 255 Å². The van der Waals surface area contributed by atoms with Crippen molar-refractivity contribution in [3.63, 3.8) is 0 Å². The van der Waals surface area contributed by atoms with E-state index in [4.69, 9.17) is 8.85 Å². The van der Waals surface area contributed by atoms with Crippen LogP contribution in [-0.2, 0) is 22.9 Å². The van der Waals surface area contributed by atoms with Gasteiger partial charge in [-0.25, -0.2) is 0 Å². The smallest absolute Gasteiger partial charge is 0.417 e. The van der Waals surface area contributed by atoms with Gasteiger partial charge in [-0.15, -0.1) is 0 Å². The number of rotatable bonds is 11. The van der Waals surface area contributed by atoms with Crippen molar-refractivity contribution in [1.29, 1.82) is 0 Å². The predicted molar refractivity (Wildman–Crippen MR) is 496 cm³/mol. The Bertz CT molecular complexity index is 4450. The van der Waals surface area contributed by atoms with E-state index in [2.05, 4.69) is 321 Å². The Morgan fingerprint density at radius 1 is 0.252 bits per heavy atom. The van der Waals surface area contributed by atoms with Crippen LogP contribution in [0.1, 0.15) is 166 Å². The van der Waals surface area contributed by atoms with Gasteiger partial charge in [-0.2, -0.15) is 26.3 Å². The number of hydrogen-bond donors (Lipinski definition) is 0. The maximum atomic E-state index is 13.1. The van der Waals surface area contributed by atoms with Gasteiger partial charge in [0.05, 0.1) is 11.1 Å². The van der Waals surface area contributed by atoms with Gasteiger partial charge in [0.1, 0.15) is 11.5 Å². The van der Waals surface area contributed by atoms with E-state index in [-0.39, 0.29) is 29.7 Å². The van der Waals surface area contributed by atoms with E-state index >= 15 is 0 Å². The normalized spacial score (nSPS) is 10.6. The van der Waals surface area contributed by atoms with Crippen LogP contribution < -0.4 is 4.74 Å². The topological polar surface area (TPSA) is 18.5 Å². The van der Waals surface area contributed by atoms with Gasteiger partial charge >= 0.3 is 12.4 Å². The minimum Gasteiger partial charge on any atom is -0.457 e. The van der Waals surface area contributed by atoms with Crippen molar-refractivity contribution >= 4 is 16.6 Å². The molecule has 12 rings (SSSR count). The molecule has 0 amide bonds. The van der Waals surface area contributed by atoms with Gasteiger partial charge in [0.25, 0.3) is 0 Å². The Hall–Kier alpha value is -9.59. The van der Waals surface area contributed by atoms with Crippen LogP contribution in [0.4, 0.5) is 26.3 Å². The van der Waals surface area contributed by atoms with Crippen molar-refractivity contribution in [3.05, 3.63) is 377 Å². The Labute approximate surface area is 694 Å². The number of halogens is 6. The zero-order valence-electron chi connectivity index (χ0n) is 70.5. The SMILES string of the molecule is C.C.C.C.CC[Si](C)(C)O[Si](C)(C)CC.Cc1ccc(-c2ccc(C)c(C)c2)cc1C.Cc1ccc(-c2ccc(C)cc2C(F)(F)F)c(C(F)(F)F)c1.Cc1ccc(-c2ccc(C)cc2C)c(C)c1.Cc1ccc(C)cc1.Cc1ccc(Cc2ccc(C)cc2)cc1.Cc1ccc(Oc2ccc(C)cc2)cc1.Cc1cccc(C)c1. The molecule has 0 spiro atoms. The molecular weight excluding hydrogens is 1460 g/mol. The van der Waals surface area contributed by atoms with E-state index in [1.807, 2.05) is 48.5 Å². The molecule has 0 saturated heterocycles. The maximum Gasteiger partial charge on any atom is 0.417 e. The van der Waals surface area contributed by atoms with Crippen LogP contribution in [0.5, 0.6) is 11.5 Å². The zero-order valence-corrected chi connectivity index (χ0v) is 72.5. The molecule has 0 unspecified atom stereocenters. The average molecular weight is 1600 g/mol. The summed E-state index contributed by atoms with van der Waals surface area (Å²) in [7, 11) is -2.54. The Morgan fingerprint density at radius 3 is 0.757 bits per heavy atom. The Kier molecular flexibility index (Phi) is 43.8. The second kappa shape index (κ2) is 48.7. The molecular formula is C105H136F6O2Si2. The van der Waals surface area contributed by atoms with Crippen LogP contribution in [-0.4, -0.2) is 16.6 Å². The molecule has 0 saturated carbocycles. The van der Waals surface area contributed by atoms with Crippen LogP contribution >= 0.6 is 0 Å². The lowest BCUT2D eigenvalue weighted by Gasteiger charge is -2.32. The molecule has 0 N–H and O–H groups in total. The molecule has 0 fully saturated rings. The summed E-state index contributed by atoms with van der Waals surface area (Å²) in [5.74, 6) is 1.76. The highest BCUT2D eigenvalue weighted by Gasteiger charge is 2.38. The molecule has 0 aliphatic carbocycles. The molecule has 0 aliphatic rings. The molecule has 0 radical (unpaired) electrons.